The van der Waals surface area contributed by atoms with E-state index in [1.807, 2.05) is 43.3 Å². The molecule has 1 N–H and O–H groups in total. The summed E-state index contributed by atoms with van der Waals surface area (Å²) in [7, 11) is 3.82. The number of nitrogens with one attached hydrogen (secondary N) is 1. The lowest BCUT2D eigenvalue weighted by molar-refractivity contribution is -0.137. The normalized spacial score (nSPS) is 11.3. The fourth-order valence-electron chi connectivity index (χ4n) is 3.84. The molecule has 1 amide bonds. The number of amides is 1. The number of alkyl halides is 3. The fraction of sp³-hybridized carbons (Fsp3) is 0.185. The summed E-state index contributed by atoms with van der Waals surface area (Å²) >= 11 is 3.40. The number of hydrogen-bond donors (Lipinski definition) is 1. The van der Waals surface area contributed by atoms with Crippen LogP contribution in [0.2, 0.25) is 0 Å². The van der Waals surface area contributed by atoms with Gasteiger partial charge in [-0.3, -0.25) is 9.78 Å². The van der Waals surface area contributed by atoms with E-state index < -0.39 is 11.7 Å². The zero-order valence-corrected chi connectivity index (χ0v) is 22.5. The highest BCUT2D eigenvalue weighted by Crippen LogP contribution is 2.39. The van der Waals surface area contributed by atoms with E-state index in [2.05, 4.69) is 26.2 Å². The first-order chi connectivity index (χ1) is 17.1. The van der Waals surface area contributed by atoms with Crippen molar-refractivity contribution >= 4 is 34.2 Å². The average molecular weight is 594 g/mol. The third-order valence-electron chi connectivity index (χ3n) is 5.61. The van der Waals surface area contributed by atoms with Crippen molar-refractivity contribution in [3.8, 4) is 28.2 Å². The van der Waals surface area contributed by atoms with Crippen LogP contribution in [0.5, 0.6) is 0 Å². The Labute approximate surface area is 227 Å². The molecular formula is C27H25BrClF3N4O. The first kappa shape index (κ1) is 28.4. The molecule has 4 aromatic rings. The Kier molecular flexibility index (Phi) is 9.17. The van der Waals surface area contributed by atoms with Crippen LogP contribution in [0.3, 0.4) is 0 Å². The molecule has 0 saturated heterocycles. The van der Waals surface area contributed by atoms with Gasteiger partial charge in [-0.25, -0.2) is 0 Å². The molecular weight excluding hydrogens is 569 g/mol. The molecule has 0 aliphatic carbocycles. The number of nitrogens with zero attached hydrogens (tertiary/aromatic N) is 3. The first-order valence-electron chi connectivity index (χ1n) is 11.2. The molecule has 194 valence electrons. The second-order valence-electron chi connectivity index (χ2n) is 8.45. The van der Waals surface area contributed by atoms with Crippen LogP contribution in [0.15, 0.2) is 83.5 Å². The predicted octanol–water partition coefficient (Wildman–Crippen LogP) is 6.70. The monoisotopic (exact) mass is 592 g/mol. The van der Waals surface area contributed by atoms with Crippen molar-refractivity contribution in [1.29, 1.82) is 0 Å². The molecule has 4 rings (SSSR count). The van der Waals surface area contributed by atoms with Gasteiger partial charge < -0.3 is 14.8 Å². The van der Waals surface area contributed by atoms with Gasteiger partial charge in [-0.1, -0.05) is 40.2 Å². The van der Waals surface area contributed by atoms with E-state index in [0.717, 1.165) is 16.1 Å². The largest absolute Gasteiger partial charge is 0.418 e. The van der Waals surface area contributed by atoms with Crippen molar-refractivity contribution in [3.05, 3.63) is 94.7 Å². The molecule has 0 aliphatic heterocycles. The standard InChI is InChI=1S/C27H24BrF3N4O.ClH/c1-34(2)16-15-32-26(36)22-12-9-19(17-33-22)24-14-13-23(18-7-10-20(28)11-8-18)35(24)25-6-4-3-5-21(25)27(29,30)31;/h3-14,17H,15-16H2,1-2H3,(H,32,36);1H. The van der Waals surface area contributed by atoms with Crippen LogP contribution >= 0.6 is 28.3 Å². The summed E-state index contributed by atoms with van der Waals surface area (Å²) < 4.78 is 44.4. The van der Waals surface area contributed by atoms with Crippen molar-refractivity contribution in [2.75, 3.05) is 27.2 Å². The molecule has 0 saturated carbocycles. The van der Waals surface area contributed by atoms with Gasteiger partial charge in [-0.15, -0.1) is 12.4 Å². The first-order valence-corrected chi connectivity index (χ1v) is 12.0. The predicted molar refractivity (Wildman–Crippen MR) is 145 cm³/mol. The van der Waals surface area contributed by atoms with Crippen molar-refractivity contribution in [2.24, 2.45) is 0 Å². The molecule has 2 heterocycles. The number of carbonyl (C=O) groups excluding carboxylic acids is 1. The van der Waals surface area contributed by atoms with Crippen LogP contribution in [0.4, 0.5) is 13.2 Å². The van der Waals surface area contributed by atoms with Crippen molar-refractivity contribution < 1.29 is 18.0 Å². The van der Waals surface area contributed by atoms with Crippen LogP contribution in [-0.2, 0) is 6.18 Å². The molecule has 0 radical (unpaired) electrons. The summed E-state index contributed by atoms with van der Waals surface area (Å²) in [6.45, 7) is 1.16. The number of carbonyl (C=O) groups is 1. The molecule has 0 atom stereocenters. The Morgan fingerprint density at radius 3 is 2.16 bits per heavy atom. The Morgan fingerprint density at radius 2 is 1.57 bits per heavy atom. The van der Waals surface area contributed by atoms with Crippen molar-refractivity contribution in [3.63, 3.8) is 0 Å². The minimum atomic E-state index is -4.54. The number of aromatic nitrogens is 2. The van der Waals surface area contributed by atoms with E-state index in [9.17, 15) is 18.0 Å². The zero-order valence-electron chi connectivity index (χ0n) is 20.1. The Bertz CT molecular complexity index is 1350. The van der Waals surface area contributed by atoms with Crippen molar-refractivity contribution in [2.45, 2.75) is 6.18 Å². The van der Waals surface area contributed by atoms with Crippen LogP contribution in [0.25, 0.3) is 28.2 Å². The van der Waals surface area contributed by atoms with Gasteiger partial charge >= 0.3 is 6.18 Å². The zero-order chi connectivity index (χ0) is 25.9. The van der Waals surface area contributed by atoms with Gasteiger partial charge in [-0.2, -0.15) is 13.2 Å². The Morgan fingerprint density at radius 1 is 0.946 bits per heavy atom. The molecule has 37 heavy (non-hydrogen) atoms. The van der Waals surface area contributed by atoms with Crippen LogP contribution in [0.1, 0.15) is 16.1 Å². The molecule has 2 aromatic carbocycles. The summed E-state index contributed by atoms with van der Waals surface area (Å²) in [6.07, 6.45) is -3.03. The third-order valence-corrected chi connectivity index (χ3v) is 6.14. The number of para-hydroxylation sites is 1. The maximum absolute atomic E-state index is 14.0. The maximum atomic E-state index is 14.0. The quantitative estimate of drug-likeness (QED) is 0.259. The number of hydrogen-bond acceptors (Lipinski definition) is 3. The lowest BCUT2D eigenvalue weighted by Gasteiger charge is -2.19. The fourth-order valence-corrected chi connectivity index (χ4v) is 4.10. The molecule has 0 spiro atoms. The molecule has 0 bridgehead atoms. The molecule has 0 aliphatic rings. The average Bonchev–Trinajstić information content (AvgIpc) is 3.29. The molecule has 0 unspecified atom stereocenters. The summed E-state index contributed by atoms with van der Waals surface area (Å²) in [6, 6.07) is 19.7. The van der Waals surface area contributed by atoms with Gasteiger partial charge in [0.2, 0.25) is 0 Å². The van der Waals surface area contributed by atoms with Gasteiger partial charge in [0.25, 0.3) is 5.91 Å². The molecule has 2 aromatic heterocycles. The number of pyridine rings is 1. The minimum absolute atomic E-state index is 0. The van der Waals surface area contributed by atoms with Crippen LogP contribution in [0, 0.1) is 0 Å². The summed E-state index contributed by atoms with van der Waals surface area (Å²) in [5.41, 5.74) is 1.96. The third kappa shape index (κ3) is 6.60. The number of likely N-dealkylation sites (N-methyl/N-ethyl adjacent to an activating group) is 1. The highest BCUT2D eigenvalue weighted by molar-refractivity contribution is 9.10. The topological polar surface area (TPSA) is 50.2 Å². The number of benzene rings is 2. The lowest BCUT2D eigenvalue weighted by atomic mass is 10.1. The molecule has 0 fully saturated rings. The molecule has 5 nitrogen and oxygen atoms in total. The Balaban J connectivity index is 0.00000380. The highest BCUT2D eigenvalue weighted by Gasteiger charge is 2.34. The van der Waals surface area contributed by atoms with Gasteiger partial charge in [0.15, 0.2) is 0 Å². The van der Waals surface area contributed by atoms with Crippen LogP contribution < -0.4 is 5.32 Å². The van der Waals surface area contributed by atoms with E-state index in [1.54, 1.807) is 34.9 Å². The Hall–Kier alpha value is -3.14. The van der Waals surface area contributed by atoms with E-state index in [-0.39, 0.29) is 29.7 Å². The maximum Gasteiger partial charge on any atom is 0.418 e. The van der Waals surface area contributed by atoms with E-state index >= 15 is 0 Å². The minimum Gasteiger partial charge on any atom is -0.349 e. The van der Waals surface area contributed by atoms with Gasteiger partial charge in [0.05, 0.1) is 22.6 Å². The summed E-state index contributed by atoms with van der Waals surface area (Å²) in [4.78, 5) is 18.6. The SMILES string of the molecule is CN(C)CCNC(=O)c1ccc(-c2ccc(-c3ccc(Br)cc3)n2-c2ccccc2C(F)(F)F)cn1.Cl. The van der Waals surface area contributed by atoms with E-state index in [1.165, 1.54) is 18.3 Å². The highest BCUT2D eigenvalue weighted by atomic mass is 79.9. The van der Waals surface area contributed by atoms with Gasteiger partial charge in [-0.05, 0) is 68.2 Å². The molecule has 10 heteroatoms. The second kappa shape index (κ2) is 11.9. The lowest BCUT2D eigenvalue weighted by Crippen LogP contribution is -2.31. The smallest absolute Gasteiger partial charge is 0.349 e. The van der Waals surface area contributed by atoms with E-state index in [4.69, 9.17) is 0 Å². The van der Waals surface area contributed by atoms with Gasteiger partial charge in [0, 0.05) is 29.3 Å². The van der Waals surface area contributed by atoms with Gasteiger partial charge in [0.1, 0.15) is 5.69 Å². The summed E-state index contributed by atoms with van der Waals surface area (Å²) in [5, 5.41) is 2.80. The number of halogens is 5. The second-order valence-corrected chi connectivity index (χ2v) is 9.37. The van der Waals surface area contributed by atoms with E-state index in [0.29, 0.717) is 30.0 Å². The van der Waals surface area contributed by atoms with Crippen LogP contribution in [-0.4, -0.2) is 47.5 Å². The number of rotatable bonds is 7. The summed E-state index contributed by atoms with van der Waals surface area (Å²) in [5.74, 6) is -0.309. The van der Waals surface area contributed by atoms with Crippen molar-refractivity contribution in [1.82, 2.24) is 19.8 Å².